The van der Waals surface area contributed by atoms with Gasteiger partial charge in [-0.1, -0.05) is 24.3 Å². The Morgan fingerprint density at radius 2 is 2.00 bits per heavy atom. The molecule has 1 aliphatic rings. The molecule has 4 heteroatoms. The van der Waals surface area contributed by atoms with Gasteiger partial charge in [0.25, 0.3) is 0 Å². The van der Waals surface area contributed by atoms with E-state index in [1.54, 1.807) is 7.11 Å². The summed E-state index contributed by atoms with van der Waals surface area (Å²) in [5.41, 5.74) is 2.37. The van der Waals surface area contributed by atoms with Crippen molar-refractivity contribution >= 4 is 5.97 Å². The molecule has 22 heavy (non-hydrogen) atoms. The molecule has 0 aromatic heterocycles. The molecule has 0 radical (unpaired) electrons. The molecule has 0 saturated heterocycles. The molecule has 2 aromatic rings. The summed E-state index contributed by atoms with van der Waals surface area (Å²) in [6, 6.07) is 13.7. The number of ether oxygens (including phenoxy) is 2. The Balaban J connectivity index is 2.14. The van der Waals surface area contributed by atoms with E-state index >= 15 is 0 Å². The molecule has 0 bridgehead atoms. The van der Waals surface area contributed by atoms with Crippen LogP contribution in [0.3, 0.4) is 0 Å². The van der Waals surface area contributed by atoms with Gasteiger partial charge < -0.3 is 14.6 Å². The maximum Gasteiger partial charge on any atom is 0.303 e. The van der Waals surface area contributed by atoms with E-state index in [0.717, 1.165) is 28.2 Å². The average molecular weight is 298 g/mol. The molecule has 114 valence electrons. The molecule has 0 fully saturated rings. The molecular weight excluding hydrogens is 280 g/mol. The smallest absolute Gasteiger partial charge is 0.303 e. The van der Waals surface area contributed by atoms with E-state index in [2.05, 4.69) is 0 Å². The molecule has 2 aromatic carbocycles. The third-order valence-corrected chi connectivity index (χ3v) is 4.12. The molecule has 1 atom stereocenters. The Bertz CT molecular complexity index is 723. The van der Waals surface area contributed by atoms with E-state index in [9.17, 15) is 4.79 Å². The highest BCUT2D eigenvalue weighted by atomic mass is 16.5. The SMILES string of the molecule is COc1ccc2c(c1)C(C)(CCC(=O)O)Oc1ccccc1-2. The van der Waals surface area contributed by atoms with Gasteiger partial charge >= 0.3 is 5.97 Å². The zero-order valence-electron chi connectivity index (χ0n) is 12.6. The molecule has 1 N–H and O–H groups in total. The van der Waals surface area contributed by atoms with Gasteiger partial charge in [0.05, 0.1) is 7.11 Å². The number of methoxy groups -OCH3 is 1. The summed E-state index contributed by atoms with van der Waals surface area (Å²) < 4.78 is 11.5. The number of aliphatic carboxylic acids is 1. The number of carbonyl (C=O) groups is 1. The quantitative estimate of drug-likeness (QED) is 0.932. The lowest BCUT2D eigenvalue weighted by Crippen LogP contribution is -2.33. The summed E-state index contributed by atoms with van der Waals surface area (Å²) in [7, 11) is 1.62. The minimum absolute atomic E-state index is 0.0509. The summed E-state index contributed by atoms with van der Waals surface area (Å²) >= 11 is 0. The van der Waals surface area contributed by atoms with Crippen molar-refractivity contribution in [1.29, 1.82) is 0 Å². The van der Waals surface area contributed by atoms with Crippen molar-refractivity contribution in [3.63, 3.8) is 0 Å². The van der Waals surface area contributed by atoms with Gasteiger partial charge in [0, 0.05) is 24.0 Å². The number of para-hydroxylation sites is 1. The molecule has 1 aliphatic heterocycles. The molecule has 1 heterocycles. The second-order valence-corrected chi connectivity index (χ2v) is 5.63. The van der Waals surface area contributed by atoms with E-state index in [4.69, 9.17) is 14.6 Å². The van der Waals surface area contributed by atoms with Crippen LogP contribution < -0.4 is 9.47 Å². The van der Waals surface area contributed by atoms with Crippen LogP contribution in [0, 0.1) is 0 Å². The zero-order valence-corrected chi connectivity index (χ0v) is 12.6. The van der Waals surface area contributed by atoms with Crippen LogP contribution in [-0.2, 0) is 10.4 Å². The number of carboxylic acids is 1. The number of carboxylic acid groups (broad SMARTS) is 1. The fourth-order valence-corrected chi connectivity index (χ4v) is 2.93. The lowest BCUT2D eigenvalue weighted by Gasteiger charge is -2.37. The van der Waals surface area contributed by atoms with Gasteiger partial charge in [-0.2, -0.15) is 0 Å². The third-order valence-electron chi connectivity index (χ3n) is 4.12. The summed E-state index contributed by atoms with van der Waals surface area (Å²) in [4.78, 5) is 11.0. The maximum atomic E-state index is 11.0. The van der Waals surface area contributed by atoms with Crippen LogP contribution in [0.15, 0.2) is 42.5 Å². The van der Waals surface area contributed by atoms with Crippen LogP contribution in [0.25, 0.3) is 11.1 Å². The van der Waals surface area contributed by atoms with Crippen LogP contribution in [0.1, 0.15) is 25.3 Å². The standard InChI is InChI=1S/C18H18O4/c1-18(10-9-17(19)20)15-11-12(21-2)7-8-13(15)14-5-3-4-6-16(14)22-18/h3-8,11H,9-10H2,1-2H3,(H,19,20). The van der Waals surface area contributed by atoms with Crippen molar-refractivity contribution in [2.24, 2.45) is 0 Å². The topological polar surface area (TPSA) is 55.8 Å². The number of hydrogen-bond donors (Lipinski definition) is 1. The van der Waals surface area contributed by atoms with Gasteiger partial charge in [-0.15, -0.1) is 0 Å². The van der Waals surface area contributed by atoms with Gasteiger partial charge in [0.2, 0.25) is 0 Å². The predicted molar refractivity (Wildman–Crippen MR) is 83.3 cm³/mol. The summed E-state index contributed by atoms with van der Waals surface area (Å²) in [6.45, 7) is 1.93. The minimum atomic E-state index is -0.826. The van der Waals surface area contributed by atoms with Crippen LogP contribution in [-0.4, -0.2) is 18.2 Å². The van der Waals surface area contributed by atoms with E-state index in [-0.39, 0.29) is 6.42 Å². The van der Waals surface area contributed by atoms with Gasteiger partial charge in [-0.05, 0) is 30.7 Å². The highest BCUT2D eigenvalue weighted by Crippen LogP contribution is 2.47. The monoisotopic (exact) mass is 298 g/mol. The first-order chi connectivity index (χ1) is 10.5. The maximum absolute atomic E-state index is 11.0. The molecule has 3 rings (SSSR count). The molecule has 1 unspecified atom stereocenters. The number of benzene rings is 2. The fraction of sp³-hybridized carbons (Fsp3) is 0.278. The van der Waals surface area contributed by atoms with Gasteiger partial charge in [0.1, 0.15) is 17.1 Å². The van der Waals surface area contributed by atoms with Crippen molar-refractivity contribution in [2.45, 2.75) is 25.4 Å². The van der Waals surface area contributed by atoms with Crippen LogP contribution in [0.5, 0.6) is 11.5 Å². The first-order valence-corrected chi connectivity index (χ1v) is 7.22. The summed E-state index contributed by atoms with van der Waals surface area (Å²) in [6.07, 6.45) is 0.451. The highest BCUT2D eigenvalue weighted by Gasteiger charge is 2.37. The van der Waals surface area contributed by atoms with Crippen LogP contribution in [0.2, 0.25) is 0 Å². The van der Waals surface area contributed by atoms with Gasteiger partial charge in [-0.25, -0.2) is 0 Å². The average Bonchev–Trinajstić information content (AvgIpc) is 2.53. The van der Waals surface area contributed by atoms with Gasteiger partial charge in [-0.3, -0.25) is 4.79 Å². The van der Waals surface area contributed by atoms with E-state index in [0.29, 0.717) is 6.42 Å². The third kappa shape index (κ3) is 2.41. The van der Waals surface area contributed by atoms with Crippen molar-refractivity contribution < 1.29 is 19.4 Å². The minimum Gasteiger partial charge on any atom is -0.497 e. The highest BCUT2D eigenvalue weighted by molar-refractivity contribution is 5.77. The lowest BCUT2D eigenvalue weighted by molar-refractivity contribution is -0.138. The first-order valence-electron chi connectivity index (χ1n) is 7.22. The van der Waals surface area contributed by atoms with E-state index in [1.165, 1.54) is 0 Å². The van der Waals surface area contributed by atoms with Gasteiger partial charge in [0.15, 0.2) is 0 Å². The second-order valence-electron chi connectivity index (χ2n) is 5.63. The van der Waals surface area contributed by atoms with Crippen molar-refractivity contribution in [1.82, 2.24) is 0 Å². The Morgan fingerprint density at radius 3 is 2.73 bits per heavy atom. The first kappa shape index (κ1) is 14.4. The Labute approximate surface area is 129 Å². The summed E-state index contributed by atoms with van der Waals surface area (Å²) in [5, 5.41) is 9.02. The second kappa shape index (κ2) is 5.37. The number of hydrogen-bond acceptors (Lipinski definition) is 3. The fourth-order valence-electron chi connectivity index (χ4n) is 2.93. The molecule has 4 nitrogen and oxygen atoms in total. The Morgan fingerprint density at radius 1 is 1.23 bits per heavy atom. The van der Waals surface area contributed by atoms with E-state index in [1.807, 2.05) is 49.4 Å². The van der Waals surface area contributed by atoms with Crippen molar-refractivity contribution in [3.05, 3.63) is 48.0 Å². The Kier molecular flexibility index (Phi) is 3.53. The molecule has 0 spiro atoms. The van der Waals surface area contributed by atoms with E-state index < -0.39 is 11.6 Å². The molecule has 0 saturated carbocycles. The van der Waals surface area contributed by atoms with Crippen LogP contribution in [0.4, 0.5) is 0 Å². The normalized spacial score (nSPS) is 18.8. The number of fused-ring (bicyclic) bond motifs is 3. The largest absolute Gasteiger partial charge is 0.497 e. The lowest BCUT2D eigenvalue weighted by atomic mass is 9.82. The molecular formula is C18H18O4. The zero-order chi connectivity index (χ0) is 15.7. The predicted octanol–water partition coefficient (Wildman–Crippen LogP) is 3.83. The molecule has 0 amide bonds. The van der Waals surface area contributed by atoms with Crippen LogP contribution >= 0.6 is 0 Å². The van der Waals surface area contributed by atoms with Crippen molar-refractivity contribution in [3.8, 4) is 22.6 Å². The number of rotatable bonds is 4. The summed E-state index contributed by atoms with van der Waals surface area (Å²) in [5.74, 6) is 0.699. The van der Waals surface area contributed by atoms with Crippen molar-refractivity contribution in [2.75, 3.05) is 7.11 Å². The molecule has 0 aliphatic carbocycles. The Hall–Kier alpha value is -2.49.